The molecule has 2 aliphatic rings. The molecular formula is C23H33N3O3. The number of nitrogens with zero attached hydrogens (tertiary/aromatic N) is 3. The number of likely N-dealkylation sites (N-methyl/N-ethyl adjacent to an activating group) is 1. The Bertz CT molecular complexity index is 739. The Labute approximate surface area is 174 Å². The maximum Gasteiger partial charge on any atom is 0.240 e. The van der Waals surface area contributed by atoms with Crippen molar-refractivity contribution in [2.75, 3.05) is 46.4 Å². The quantitative estimate of drug-likeness (QED) is 0.707. The van der Waals surface area contributed by atoms with E-state index in [0.717, 1.165) is 43.8 Å². The van der Waals surface area contributed by atoms with Gasteiger partial charge in [-0.1, -0.05) is 18.2 Å². The van der Waals surface area contributed by atoms with Crippen LogP contribution in [0, 0.1) is 0 Å². The van der Waals surface area contributed by atoms with E-state index in [0.29, 0.717) is 26.1 Å². The van der Waals surface area contributed by atoms with Crippen molar-refractivity contribution in [3.8, 4) is 5.75 Å². The van der Waals surface area contributed by atoms with Crippen LogP contribution in [0.5, 0.6) is 5.75 Å². The number of rotatable bonds is 7. The summed E-state index contributed by atoms with van der Waals surface area (Å²) in [5.41, 5.74) is 2.15. The van der Waals surface area contributed by atoms with Gasteiger partial charge in [0.05, 0.1) is 20.1 Å². The average molecular weight is 400 g/mol. The van der Waals surface area contributed by atoms with Crippen molar-refractivity contribution in [1.29, 1.82) is 0 Å². The predicted molar refractivity (Wildman–Crippen MR) is 114 cm³/mol. The Morgan fingerprint density at radius 2 is 1.93 bits per heavy atom. The van der Waals surface area contributed by atoms with Gasteiger partial charge in [-0.05, 0) is 50.3 Å². The second-order valence-corrected chi connectivity index (χ2v) is 7.76. The SMILES string of the molecule is CCN(C(=O)CN1CCN(C(=O)Cc2cccc(OC)c2)CC1)C1=CCCCC1. The van der Waals surface area contributed by atoms with Crippen LogP contribution >= 0.6 is 0 Å². The van der Waals surface area contributed by atoms with E-state index in [9.17, 15) is 9.59 Å². The maximum atomic E-state index is 12.8. The van der Waals surface area contributed by atoms with Crippen LogP contribution in [0.15, 0.2) is 36.0 Å². The molecule has 1 aromatic carbocycles. The number of carbonyl (C=O) groups excluding carboxylic acids is 2. The zero-order valence-electron chi connectivity index (χ0n) is 17.7. The van der Waals surface area contributed by atoms with Crippen LogP contribution in [-0.2, 0) is 16.0 Å². The molecule has 0 aromatic heterocycles. The third-order valence-corrected chi connectivity index (χ3v) is 5.80. The minimum absolute atomic E-state index is 0.131. The molecule has 29 heavy (non-hydrogen) atoms. The monoisotopic (exact) mass is 399 g/mol. The van der Waals surface area contributed by atoms with Gasteiger partial charge >= 0.3 is 0 Å². The van der Waals surface area contributed by atoms with Gasteiger partial charge < -0.3 is 14.5 Å². The molecule has 0 atom stereocenters. The van der Waals surface area contributed by atoms with E-state index >= 15 is 0 Å². The van der Waals surface area contributed by atoms with Crippen molar-refractivity contribution < 1.29 is 14.3 Å². The highest BCUT2D eigenvalue weighted by Crippen LogP contribution is 2.21. The minimum atomic E-state index is 0.131. The lowest BCUT2D eigenvalue weighted by Crippen LogP contribution is -2.51. The van der Waals surface area contributed by atoms with E-state index in [1.54, 1.807) is 7.11 Å². The van der Waals surface area contributed by atoms with Crippen LogP contribution in [0.1, 0.15) is 38.2 Å². The van der Waals surface area contributed by atoms with Crippen molar-refractivity contribution in [3.63, 3.8) is 0 Å². The molecule has 0 unspecified atom stereocenters. The summed E-state index contributed by atoms with van der Waals surface area (Å²) in [6.45, 7) is 6.03. The van der Waals surface area contributed by atoms with Gasteiger partial charge in [0, 0.05) is 38.4 Å². The van der Waals surface area contributed by atoms with Gasteiger partial charge in [0.2, 0.25) is 11.8 Å². The summed E-state index contributed by atoms with van der Waals surface area (Å²) in [5.74, 6) is 1.08. The third kappa shape index (κ3) is 5.82. The molecule has 0 saturated carbocycles. The summed E-state index contributed by atoms with van der Waals surface area (Å²) >= 11 is 0. The molecule has 1 fully saturated rings. The number of methoxy groups -OCH3 is 1. The van der Waals surface area contributed by atoms with Crippen molar-refractivity contribution in [2.24, 2.45) is 0 Å². The number of hydrogen-bond donors (Lipinski definition) is 0. The summed E-state index contributed by atoms with van der Waals surface area (Å²) in [6, 6.07) is 7.65. The van der Waals surface area contributed by atoms with Gasteiger partial charge in [-0.3, -0.25) is 14.5 Å². The Morgan fingerprint density at radius 1 is 1.14 bits per heavy atom. The van der Waals surface area contributed by atoms with Gasteiger partial charge in [-0.2, -0.15) is 0 Å². The number of ether oxygens (including phenoxy) is 1. The molecule has 1 aliphatic heterocycles. The molecule has 1 aromatic rings. The van der Waals surface area contributed by atoms with E-state index in [2.05, 4.69) is 11.0 Å². The molecule has 1 heterocycles. The number of hydrogen-bond acceptors (Lipinski definition) is 4. The summed E-state index contributed by atoms with van der Waals surface area (Å²) in [7, 11) is 1.63. The first kappa shape index (κ1) is 21.4. The predicted octanol–water partition coefficient (Wildman–Crippen LogP) is 2.69. The zero-order valence-corrected chi connectivity index (χ0v) is 17.7. The first-order chi connectivity index (χ1) is 14.1. The van der Waals surface area contributed by atoms with Crippen LogP contribution < -0.4 is 4.74 Å². The topological polar surface area (TPSA) is 53.1 Å². The van der Waals surface area contributed by atoms with E-state index in [4.69, 9.17) is 4.74 Å². The number of piperazine rings is 1. The second kappa shape index (κ2) is 10.4. The molecule has 1 saturated heterocycles. The van der Waals surface area contributed by atoms with Crippen LogP contribution in [0.4, 0.5) is 0 Å². The summed E-state index contributed by atoms with van der Waals surface area (Å²) in [6.07, 6.45) is 7.08. The molecular weight excluding hydrogens is 366 g/mol. The fourth-order valence-electron chi connectivity index (χ4n) is 4.11. The van der Waals surface area contributed by atoms with E-state index < -0.39 is 0 Å². The Kier molecular flexibility index (Phi) is 7.69. The molecule has 6 heteroatoms. The number of amides is 2. The van der Waals surface area contributed by atoms with Crippen molar-refractivity contribution >= 4 is 11.8 Å². The van der Waals surface area contributed by atoms with Crippen molar-refractivity contribution in [3.05, 3.63) is 41.6 Å². The van der Waals surface area contributed by atoms with Crippen molar-refractivity contribution in [2.45, 2.75) is 39.0 Å². The van der Waals surface area contributed by atoms with Gasteiger partial charge in [0.25, 0.3) is 0 Å². The Morgan fingerprint density at radius 3 is 2.59 bits per heavy atom. The molecule has 6 nitrogen and oxygen atoms in total. The van der Waals surface area contributed by atoms with Crippen LogP contribution in [0.3, 0.4) is 0 Å². The lowest BCUT2D eigenvalue weighted by molar-refractivity contribution is -0.133. The first-order valence-electron chi connectivity index (χ1n) is 10.7. The number of carbonyl (C=O) groups is 2. The van der Waals surface area contributed by atoms with Gasteiger partial charge in [0.15, 0.2) is 0 Å². The molecule has 2 amide bonds. The average Bonchev–Trinajstić information content (AvgIpc) is 2.75. The fourth-order valence-corrected chi connectivity index (χ4v) is 4.11. The molecule has 1 aliphatic carbocycles. The highest BCUT2D eigenvalue weighted by molar-refractivity contribution is 5.80. The standard InChI is InChI=1S/C23H33N3O3/c1-3-26(20-9-5-4-6-10-20)23(28)18-24-12-14-25(15-13-24)22(27)17-19-8-7-11-21(16-19)29-2/h7-9,11,16H,3-6,10,12-15,17-18H2,1-2H3. The van der Waals surface area contributed by atoms with Gasteiger partial charge in [0.1, 0.15) is 5.75 Å². The molecule has 3 rings (SSSR count). The van der Waals surface area contributed by atoms with Crippen LogP contribution in [-0.4, -0.2) is 72.9 Å². The highest BCUT2D eigenvalue weighted by atomic mass is 16.5. The zero-order chi connectivity index (χ0) is 20.6. The summed E-state index contributed by atoms with van der Waals surface area (Å²) < 4.78 is 5.23. The number of benzene rings is 1. The van der Waals surface area contributed by atoms with Crippen molar-refractivity contribution in [1.82, 2.24) is 14.7 Å². The molecule has 0 spiro atoms. The minimum Gasteiger partial charge on any atom is -0.497 e. The van der Waals surface area contributed by atoms with Gasteiger partial charge in [-0.15, -0.1) is 0 Å². The number of allylic oxidation sites excluding steroid dienone is 2. The molecule has 158 valence electrons. The van der Waals surface area contributed by atoms with Gasteiger partial charge in [-0.25, -0.2) is 0 Å². The molecule has 0 radical (unpaired) electrons. The first-order valence-corrected chi connectivity index (χ1v) is 10.7. The Balaban J connectivity index is 1.47. The molecule has 0 N–H and O–H groups in total. The second-order valence-electron chi connectivity index (χ2n) is 7.76. The Hall–Kier alpha value is -2.34. The third-order valence-electron chi connectivity index (χ3n) is 5.80. The van der Waals surface area contributed by atoms with Crippen LogP contribution in [0.25, 0.3) is 0 Å². The highest BCUT2D eigenvalue weighted by Gasteiger charge is 2.25. The van der Waals surface area contributed by atoms with E-state index in [1.807, 2.05) is 41.0 Å². The summed E-state index contributed by atoms with van der Waals surface area (Å²) in [5, 5.41) is 0. The lowest BCUT2D eigenvalue weighted by atomic mass is 10.0. The smallest absolute Gasteiger partial charge is 0.240 e. The largest absolute Gasteiger partial charge is 0.497 e. The lowest BCUT2D eigenvalue weighted by Gasteiger charge is -2.36. The van der Waals surface area contributed by atoms with E-state index in [-0.39, 0.29) is 11.8 Å². The molecule has 0 bridgehead atoms. The van der Waals surface area contributed by atoms with E-state index in [1.165, 1.54) is 18.5 Å². The fraction of sp³-hybridized carbons (Fsp3) is 0.565. The summed E-state index contributed by atoms with van der Waals surface area (Å²) in [4.78, 5) is 31.5. The maximum absolute atomic E-state index is 12.8. The normalized spacial score (nSPS) is 17.6. The van der Waals surface area contributed by atoms with Crippen LogP contribution in [0.2, 0.25) is 0 Å².